The van der Waals surface area contributed by atoms with Gasteiger partial charge in [0.15, 0.2) is 0 Å². The summed E-state index contributed by atoms with van der Waals surface area (Å²) in [5, 5.41) is 9.05. The number of carbonyl (C=O) groups excluding carboxylic acids is 1. The van der Waals surface area contributed by atoms with Gasteiger partial charge in [-0.3, -0.25) is 9.59 Å². The molecule has 4 nitrogen and oxygen atoms in total. The highest BCUT2D eigenvalue weighted by molar-refractivity contribution is 5.94. The van der Waals surface area contributed by atoms with Crippen molar-refractivity contribution in [2.24, 2.45) is 5.92 Å². The normalized spacial score (nSPS) is 12.0. The van der Waals surface area contributed by atoms with Crippen LogP contribution in [0.15, 0.2) is 24.3 Å². The van der Waals surface area contributed by atoms with Crippen molar-refractivity contribution in [3.63, 3.8) is 0 Å². The lowest BCUT2D eigenvalue weighted by molar-refractivity contribution is -0.141. The van der Waals surface area contributed by atoms with Gasteiger partial charge in [0.05, 0.1) is 5.92 Å². The molecule has 0 bridgehead atoms. The number of hydrogen-bond acceptors (Lipinski definition) is 2. The molecule has 4 heteroatoms. The zero-order chi connectivity index (χ0) is 15.8. The molecule has 1 aromatic rings. The average molecular weight is 291 g/mol. The highest BCUT2D eigenvalue weighted by atomic mass is 16.4. The van der Waals surface area contributed by atoms with Crippen LogP contribution in [0.2, 0.25) is 0 Å². The zero-order valence-corrected chi connectivity index (χ0v) is 13.1. The molecule has 0 spiro atoms. The van der Waals surface area contributed by atoms with Gasteiger partial charge in [-0.1, -0.05) is 44.4 Å². The Morgan fingerprint density at radius 2 is 1.81 bits per heavy atom. The van der Waals surface area contributed by atoms with Crippen LogP contribution in [0.3, 0.4) is 0 Å². The maximum Gasteiger partial charge on any atom is 0.308 e. The second-order valence-electron chi connectivity index (χ2n) is 5.56. The Bertz CT molecular complexity index is 467. The number of aryl methyl sites for hydroxylation is 1. The smallest absolute Gasteiger partial charge is 0.308 e. The summed E-state index contributed by atoms with van der Waals surface area (Å²) in [5.74, 6) is -1.51. The molecule has 21 heavy (non-hydrogen) atoms. The van der Waals surface area contributed by atoms with Gasteiger partial charge in [-0.15, -0.1) is 0 Å². The van der Waals surface area contributed by atoms with Crippen LogP contribution in [-0.4, -0.2) is 35.0 Å². The second-order valence-corrected chi connectivity index (χ2v) is 5.56. The summed E-state index contributed by atoms with van der Waals surface area (Å²) in [6, 6.07) is 7.40. The number of carboxylic acid groups (broad SMARTS) is 1. The molecule has 0 aliphatic carbocycles. The lowest BCUT2D eigenvalue weighted by atomic mass is 10.1. The summed E-state index contributed by atoms with van der Waals surface area (Å²) in [7, 11) is 0. The van der Waals surface area contributed by atoms with E-state index in [0.717, 1.165) is 24.8 Å². The van der Waals surface area contributed by atoms with Gasteiger partial charge in [-0.25, -0.2) is 0 Å². The standard InChI is InChI=1S/C17H25NO3/c1-4-5-6-11-18(12-14(3)17(20)21)16(19)15-9-7-13(2)8-10-15/h7-10,14H,4-6,11-12H2,1-3H3,(H,20,21). The Labute approximate surface area is 126 Å². The largest absolute Gasteiger partial charge is 0.481 e. The van der Waals surface area contributed by atoms with E-state index in [2.05, 4.69) is 6.92 Å². The lowest BCUT2D eigenvalue weighted by Gasteiger charge is -2.24. The Balaban J connectivity index is 2.80. The molecule has 0 saturated heterocycles. The molecule has 0 aliphatic rings. The molecule has 0 fully saturated rings. The predicted molar refractivity (Wildman–Crippen MR) is 83.4 cm³/mol. The molecule has 1 rings (SSSR count). The maximum absolute atomic E-state index is 12.5. The van der Waals surface area contributed by atoms with Gasteiger partial charge in [0.1, 0.15) is 0 Å². The SMILES string of the molecule is CCCCCN(CC(C)C(=O)O)C(=O)c1ccc(C)cc1. The first-order valence-corrected chi connectivity index (χ1v) is 7.54. The van der Waals surface area contributed by atoms with Gasteiger partial charge in [-0.05, 0) is 25.5 Å². The fourth-order valence-electron chi connectivity index (χ4n) is 2.12. The Morgan fingerprint density at radius 1 is 1.19 bits per heavy atom. The number of carboxylic acids is 1. The van der Waals surface area contributed by atoms with E-state index < -0.39 is 11.9 Å². The third-order valence-electron chi connectivity index (χ3n) is 3.53. The molecule has 0 heterocycles. The Morgan fingerprint density at radius 3 is 2.33 bits per heavy atom. The molecule has 116 valence electrons. The van der Waals surface area contributed by atoms with E-state index in [-0.39, 0.29) is 12.5 Å². The first-order chi connectivity index (χ1) is 9.95. The summed E-state index contributed by atoms with van der Waals surface area (Å²) in [6.45, 7) is 6.58. The molecule has 0 saturated carbocycles. The molecule has 0 aliphatic heterocycles. The number of hydrogen-bond donors (Lipinski definition) is 1. The second kappa shape index (κ2) is 8.45. The summed E-state index contributed by atoms with van der Waals surface area (Å²) < 4.78 is 0. The number of amides is 1. The van der Waals surface area contributed by atoms with Gasteiger partial charge < -0.3 is 10.0 Å². The van der Waals surface area contributed by atoms with Gasteiger partial charge in [0.2, 0.25) is 0 Å². The molecular formula is C17H25NO3. The van der Waals surface area contributed by atoms with Crippen LogP contribution in [0.25, 0.3) is 0 Å². The summed E-state index contributed by atoms with van der Waals surface area (Å²) in [6.07, 6.45) is 3.01. The van der Waals surface area contributed by atoms with E-state index in [1.54, 1.807) is 24.0 Å². The van der Waals surface area contributed by atoms with Crippen LogP contribution < -0.4 is 0 Å². The highest BCUT2D eigenvalue weighted by Gasteiger charge is 2.21. The van der Waals surface area contributed by atoms with Crippen molar-refractivity contribution in [3.05, 3.63) is 35.4 Å². The minimum Gasteiger partial charge on any atom is -0.481 e. The first-order valence-electron chi connectivity index (χ1n) is 7.54. The van der Waals surface area contributed by atoms with Gasteiger partial charge in [0.25, 0.3) is 5.91 Å². The van der Waals surface area contributed by atoms with Gasteiger partial charge >= 0.3 is 5.97 Å². The number of rotatable bonds is 8. The van der Waals surface area contributed by atoms with Crippen molar-refractivity contribution >= 4 is 11.9 Å². The van der Waals surface area contributed by atoms with E-state index >= 15 is 0 Å². The number of unbranched alkanes of at least 4 members (excludes halogenated alkanes) is 2. The molecule has 1 N–H and O–H groups in total. The van der Waals surface area contributed by atoms with Crippen LogP contribution in [0.4, 0.5) is 0 Å². The quantitative estimate of drug-likeness (QED) is 0.747. The summed E-state index contributed by atoms with van der Waals surface area (Å²) in [4.78, 5) is 25.2. The first kappa shape index (κ1) is 17.2. The van der Waals surface area contributed by atoms with Crippen LogP contribution in [0, 0.1) is 12.8 Å². The van der Waals surface area contributed by atoms with E-state index in [4.69, 9.17) is 5.11 Å². The fraction of sp³-hybridized carbons (Fsp3) is 0.529. The third kappa shape index (κ3) is 5.58. The monoisotopic (exact) mass is 291 g/mol. The molecule has 0 aromatic heterocycles. The summed E-state index contributed by atoms with van der Waals surface area (Å²) >= 11 is 0. The third-order valence-corrected chi connectivity index (χ3v) is 3.53. The Hall–Kier alpha value is -1.84. The van der Waals surface area contributed by atoms with E-state index in [9.17, 15) is 9.59 Å². The van der Waals surface area contributed by atoms with Crippen LogP contribution >= 0.6 is 0 Å². The molecule has 1 amide bonds. The lowest BCUT2D eigenvalue weighted by Crippen LogP contribution is -2.37. The average Bonchev–Trinajstić information content (AvgIpc) is 2.46. The van der Waals surface area contributed by atoms with Crippen molar-refractivity contribution in [1.29, 1.82) is 0 Å². The molecule has 1 aromatic carbocycles. The highest BCUT2D eigenvalue weighted by Crippen LogP contribution is 2.11. The summed E-state index contributed by atoms with van der Waals surface area (Å²) in [5.41, 5.74) is 1.72. The number of carbonyl (C=O) groups is 2. The Kier molecular flexibility index (Phi) is 6.92. The number of nitrogens with zero attached hydrogens (tertiary/aromatic N) is 1. The fourth-order valence-corrected chi connectivity index (χ4v) is 2.12. The topological polar surface area (TPSA) is 57.6 Å². The minimum atomic E-state index is -0.868. The van der Waals surface area contributed by atoms with E-state index in [1.807, 2.05) is 19.1 Å². The molecule has 1 atom stereocenters. The van der Waals surface area contributed by atoms with Crippen molar-refractivity contribution in [1.82, 2.24) is 4.90 Å². The number of benzene rings is 1. The van der Waals surface area contributed by atoms with Gasteiger partial charge in [-0.2, -0.15) is 0 Å². The zero-order valence-electron chi connectivity index (χ0n) is 13.1. The van der Waals surface area contributed by atoms with E-state index in [0.29, 0.717) is 12.1 Å². The van der Waals surface area contributed by atoms with Crippen molar-refractivity contribution in [2.45, 2.75) is 40.0 Å². The van der Waals surface area contributed by atoms with Crippen LogP contribution in [-0.2, 0) is 4.79 Å². The van der Waals surface area contributed by atoms with Crippen molar-refractivity contribution < 1.29 is 14.7 Å². The van der Waals surface area contributed by atoms with Crippen molar-refractivity contribution in [3.8, 4) is 0 Å². The van der Waals surface area contributed by atoms with Crippen molar-refractivity contribution in [2.75, 3.05) is 13.1 Å². The molecule has 1 unspecified atom stereocenters. The van der Waals surface area contributed by atoms with Crippen LogP contribution in [0.1, 0.15) is 49.0 Å². The number of aliphatic carboxylic acids is 1. The predicted octanol–water partition coefficient (Wildman–Crippen LogP) is 3.35. The van der Waals surface area contributed by atoms with Crippen LogP contribution in [0.5, 0.6) is 0 Å². The van der Waals surface area contributed by atoms with Gasteiger partial charge in [0, 0.05) is 18.7 Å². The maximum atomic E-state index is 12.5. The molecular weight excluding hydrogens is 266 g/mol. The minimum absolute atomic E-state index is 0.0841. The van der Waals surface area contributed by atoms with E-state index in [1.165, 1.54) is 0 Å². The molecule has 0 radical (unpaired) electrons.